The molecule has 3 nitrogen and oxygen atoms in total. The van der Waals surface area contributed by atoms with Gasteiger partial charge in [0, 0.05) is 18.2 Å². The Labute approximate surface area is 136 Å². The van der Waals surface area contributed by atoms with Gasteiger partial charge in [0.25, 0.3) is 5.91 Å². The predicted molar refractivity (Wildman–Crippen MR) is 87.3 cm³/mol. The largest absolute Gasteiger partial charge is 0.332 e. The number of halogens is 1. The van der Waals surface area contributed by atoms with Crippen LogP contribution in [0.4, 0.5) is 4.39 Å². The summed E-state index contributed by atoms with van der Waals surface area (Å²) in [5.41, 5.74) is 2.37. The highest BCUT2D eigenvalue weighted by atomic mass is 19.1. The van der Waals surface area contributed by atoms with Crippen molar-refractivity contribution in [2.45, 2.75) is 33.4 Å². The van der Waals surface area contributed by atoms with Crippen LogP contribution in [0, 0.1) is 24.1 Å². The molecule has 118 valence electrons. The molecule has 1 amide bonds. The lowest BCUT2D eigenvalue weighted by molar-refractivity contribution is 0.0690. The van der Waals surface area contributed by atoms with Gasteiger partial charge in [0.15, 0.2) is 0 Å². The first-order chi connectivity index (χ1) is 10.9. The molecule has 0 aliphatic heterocycles. The molecule has 4 heteroatoms. The van der Waals surface area contributed by atoms with Crippen LogP contribution in [-0.2, 0) is 6.54 Å². The molecule has 2 rings (SSSR count). The Kier molecular flexibility index (Phi) is 5.13. The Morgan fingerprint density at radius 2 is 1.87 bits per heavy atom. The van der Waals surface area contributed by atoms with E-state index in [4.69, 9.17) is 5.26 Å². The normalized spacial score (nSPS) is 10.4. The monoisotopic (exact) mass is 310 g/mol. The molecule has 0 aliphatic carbocycles. The number of nitriles is 1. The molecule has 2 aromatic carbocycles. The molecule has 0 aromatic heterocycles. The highest BCUT2D eigenvalue weighted by Gasteiger charge is 2.20. The third kappa shape index (κ3) is 3.95. The molecule has 0 radical (unpaired) electrons. The van der Waals surface area contributed by atoms with Gasteiger partial charge in [-0.25, -0.2) is 4.39 Å². The lowest BCUT2D eigenvalue weighted by Gasteiger charge is -2.27. The molecule has 0 bridgehead atoms. The molecule has 0 aliphatic rings. The zero-order valence-corrected chi connectivity index (χ0v) is 13.5. The molecule has 0 saturated carbocycles. The van der Waals surface area contributed by atoms with Crippen LogP contribution < -0.4 is 0 Å². The number of carbonyl (C=O) groups is 1. The summed E-state index contributed by atoms with van der Waals surface area (Å²) in [7, 11) is 0. The Hall–Kier alpha value is -2.67. The number of hydrogen-bond acceptors (Lipinski definition) is 2. The minimum atomic E-state index is -0.377. The van der Waals surface area contributed by atoms with Gasteiger partial charge < -0.3 is 4.90 Å². The van der Waals surface area contributed by atoms with Crippen molar-refractivity contribution in [1.29, 1.82) is 5.26 Å². The predicted octanol–water partition coefficient (Wildman–Crippen LogP) is 4.06. The summed E-state index contributed by atoms with van der Waals surface area (Å²) in [6, 6.07) is 13.7. The molecule has 0 heterocycles. The topological polar surface area (TPSA) is 44.1 Å². The summed E-state index contributed by atoms with van der Waals surface area (Å²) in [6.07, 6.45) is 0. The molecule has 0 fully saturated rings. The van der Waals surface area contributed by atoms with Gasteiger partial charge in [0.2, 0.25) is 0 Å². The molecular weight excluding hydrogens is 291 g/mol. The average Bonchev–Trinajstić information content (AvgIpc) is 2.54. The number of benzene rings is 2. The van der Waals surface area contributed by atoms with E-state index in [9.17, 15) is 9.18 Å². The Morgan fingerprint density at radius 1 is 1.22 bits per heavy atom. The first kappa shape index (κ1) is 16.7. The second-order valence-corrected chi connectivity index (χ2v) is 5.80. The van der Waals surface area contributed by atoms with Crippen molar-refractivity contribution in [3.8, 4) is 6.07 Å². The summed E-state index contributed by atoms with van der Waals surface area (Å²) in [5.74, 6) is -0.582. The van der Waals surface area contributed by atoms with E-state index in [1.165, 1.54) is 6.07 Å². The summed E-state index contributed by atoms with van der Waals surface area (Å²) in [6.45, 7) is 5.93. The van der Waals surface area contributed by atoms with Crippen LogP contribution in [0.25, 0.3) is 0 Å². The van der Waals surface area contributed by atoms with Gasteiger partial charge >= 0.3 is 0 Å². The zero-order valence-electron chi connectivity index (χ0n) is 13.5. The van der Waals surface area contributed by atoms with Gasteiger partial charge in [0.05, 0.1) is 11.6 Å². The summed E-state index contributed by atoms with van der Waals surface area (Å²) in [5, 5.41) is 8.83. The lowest BCUT2D eigenvalue weighted by atomic mass is 10.1. The molecule has 0 N–H and O–H groups in total. The van der Waals surface area contributed by atoms with E-state index in [1.54, 1.807) is 36.1 Å². The fourth-order valence-corrected chi connectivity index (χ4v) is 2.26. The van der Waals surface area contributed by atoms with Gasteiger partial charge in [-0.3, -0.25) is 4.79 Å². The van der Waals surface area contributed by atoms with Crippen LogP contribution in [0.2, 0.25) is 0 Å². The molecule has 0 atom stereocenters. The third-order valence-electron chi connectivity index (χ3n) is 3.74. The molecule has 0 saturated heterocycles. The van der Waals surface area contributed by atoms with Crippen molar-refractivity contribution in [2.24, 2.45) is 0 Å². The van der Waals surface area contributed by atoms with E-state index in [2.05, 4.69) is 6.07 Å². The van der Waals surface area contributed by atoms with Crippen molar-refractivity contribution in [1.82, 2.24) is 4.90 Å². The van der Waals surface area contributed by atoms with Crippen LogP contribution in [0.1, 0.15) is 40.9 Å². The average molecular weight is 310 g/mol. The minimum Gasteiger partial charge on any atom is -0.332 e. The van der Waals surface area contributed by atoms with E-state index < -0.39 is 0 Å². The maximum absolute atomic E-state index is 13.7. The van der Waals surface area contributed by atoms with Crippen LogP contribution in [0.5, 0.6) is 0 Å². The minimum absolute atomic E-state index is 0.0255. The smallest absolute Gasteiger partial charge is 0.254 e. The second-order valence-electron chi connectivity index (χ2n) is 5.80. The second kappa shape index (κ2) is 7.06. The van der Waals surface area contributed by atoms with Gasteiger partial charge in [-0.1, -0.05) is 18.2 Å². The first-order valence-electron chi connectivity index (χ1n) is 7.48. The van der Waals surface area contributed by atoms with E-state index in [0.29, 0.717) is 23.2 Å². The SMILES string of the molecule is Cc1ccc(C(=O)N(Cc2ccc(C#N)cc2)C(C)C)cc1F. The van der Waals surface area contributed by atoms with E-state index >= 15 is 0 Å². The maximum atomic E-state index is 13.7. The molecule has 0 spiro atoms. The van der Waals surface area contributed by atoms with E-state index in [-0.39, 0.29) is 17.8 Å². The van der Waals surface area contributed by atoms with Gasteiger partial charge in [-0.05, 0) is 56.2 Å². The lowest BCUT2D eigenvalue weighted by Crippen LogP contribution is -2.36. The zero-order chi connectivity index (χ0) is 17.0. The van der Waals surface area contributed by atoms with Crippen molar-refractivity contribution >= 4 is 5.91 Å². The fraction of sp³-hybridized carbons (Fsp3) is 0.263. The number of aryl methyl sites for hydroxylation is 1. The van der Waals surface area contributed by atoms with Crippen molar-refractivity contribution in [3.05, 3.63) is 70.5 Å². The number of hydrogen-bond donors (Lipinski definition) is 0. The highest BCUT2D eigenvalue weighted by molar-refractivity contribution is 5.94. The van der Waals surface area contributed by atoms with Crippen LogP contribution in [-0.4, -0.2) is 16.8 Å². The van der Waals surface area contributed by atoms with Crippen molar-refractivity contribution < 1.29 is 9.18 Å². The van der Waals surface area contributed by atoms with Crippen LogP contribution >= 0.6 is 0 Å². The quantitative estimate of drug-likeness (QED) is 0.855. The van der Waals surface area contributed by atoms with E-state index in [1.807, 2.05) is 26.0 Å². The fourth-order valence-electron chi connectivity index (χ4n) is 2.26. The van der Waals surface area contributed by atoms with E-state index in [0.717, 1.165) is 5.56 Å². The standard InChI is InChI=1S/C19H19FN2O/c1-13(2)22(12-16-7-5-15(11-21)6-8-16)19(23)17-9-4-14(3)18(20)10-17/h4-10,13H,12H2,1-3H3. The Balaban J connectivity index is 2.24. The third-order valence-corrected chi connectivity index (χ3v) is 3.74. The number of rotatable bonds is 4. The number of amides is 1. The molecule has 2 aromatic rings. The molecular formula is C19H19FN2O. The summed E-state index contributed by atoms with van der Waals surface area (Å²) >= 11 is 0. The molecule has 0 unspecified atom stereocenters. The first-order valence-corrected chi connectivity index (χ1v) is 7.48. The number of carbonyl (C=O) groups excluding carboxylic acids is 1. The Bertz CT molecular complexity index is 745. The van der Waals surface area contributed by atoms with Gasteiger partial charge in [-0.2, -0.15) is 5.26 Å². The Morgan fingerprint density at radius 3 is 2.39 bits per heavy atom. The summed E-state index contributed by atoms with van der Waals surface area (Å²) < 4.78 is 13.7. The summed E-state index contributed by atoms with van der Waals surface area (Å²) in [4.78, 5) is 14.4. The van der Waals surface area contributed by atoms with Crippen LogP contribution in [0.15, 0.2) is 42.5 Å². The van der Waals surface area contributed by atoms with Crippen molar-refractivity contribution in [3.63, 3.8) is 0 Å². The van der Waals surface area contributed by atoms with Crippen LogP contribution in [0.3, 0.4) is 0 Å². The van der Waals surface area contributed by atoms with Crippen molar-refractivity contribution in [2.75, 3.05) is 0 Å². The van der Waals surface area contributed by atoms with Gasteiger partial charge in [0.1, 0.15) is 5.82 Å². The number of nitrogens with zero attached hydrogens (tertiary/aromatic N) is 2. The highest BCUT2D eigenvalue weighted by Crippen LogP contribution is 2.16. The molecule has 23 heavy (non-hydrogen) atoms. The van der Waals surface area contributed by atoms with Gasteiger partial charge in [-0.15, -0.1) is 0 Å². The maximum Gasteiger partial charge on any atom is 0.254 e.